The highest BCUT2D eigenvalue weighted by molar-refractivity contribution is 5.94. The Bertz CT molecular complexity index is 852. The Hall–Kier alpha value is -3.22. The molecule has 0 aliphatic carbocycles. The molecule has 174 valence electrons. The van der Waals surface area contributed by atoms with Crippen molar-refractivity contribution in [3.63, 3.8) is 0 Å². The highest BCUT2D eigenvalue weighted by Gasteiger charge is 2.11. The Morgan fingerprint density at radius 2 is 1.59 bits per heavy atom. The molecule has 0 saturated heterocycles. The van der Waals surface area contributed by atoms with Crippen molar-refractivity contribution >= 4 is 11.8 Å². The lowest BCUT2D eigenvalue weighted by Gasteiger charge is -2.12. The van der Waals surface area contributed by atoms with E-state index in [1.165, 1.54) is 0 Å². The van der Waals surface area contributed by atoms with E-state index in [-0.39, 0.29) is 11.8 Å². The number of hydrogen-bond acceptors (Lipinski definition) is 6. The van der Waals surface area contributed by atoms with Crippen LogP contribution in [-0.4, -0.2) is 45.3 Å². The maximum Gasteiger partial charge on any atom is 0.251 e. The summed E-state index contributed by atoms with van der Waals surface area (Å²) >= 11 is 0. The number of carbonyl (C=O) groups excluding carboxylic acids is 1. The fraction of sp³-hybridized carbons (Fsp3) is 0.440. The zero-order valence-corrected chi connectivity index (χ0v) is 19.2. The van der Waals surface area contributed by atoms with Crippen molar-refractivity contribution in [3.8, 4) is 17.2 Å². The van der Waals surface area contributed by atoms with Crippen LogP contribution in [0.25, 0.3) is 0 Å². The molecular weight excluding hydrogens is 408 g/mol. The fourth-order valence-electron chi connectivity index (χ4n) is 2.95. The third-order valence-electron chi connectivity index (χ3n) is 4.68. The van der Waals surface area contributed by atoms with Gasteiger partial charge in [-0.1, -0.05) is 6.92 Å². The van der Waals surface area contributed by atoms with Gasteiger partial charge < -0.3 is 24.3 Å². The van der Waals surface area contributed by atoms with Crippen LogP contribution in [0.2, 0.25) is 0 Å². The van der Waals surface area contributed by atoms with E-state index in [1.807, 2.05) is 38.1 Å². The third-order valence-corrected chi connectivity index (χ3v) is 4.68. The van der Waals surface area contributed by atoms with E-state index in [9.17, 15) is 4.79 Å². The van der Waals surface area contributed by atoms with Crippen LogP contribution in [0.4, 0.5) is 0 Å². The zero-order valence-electron chi connectivity index (χ0n) is 19.2. The molecule has 2 aromatic carbocycles. The predicted octanol–water partition coefficient (Wildman–Crippen LogP) is 4.82. The fourth-order valence-corrected chi connectivity index (χ4v) is 2.95. The summed E-state index contributed by atoms with van der Waals surface area (Å²) in [5, 5.41) is 10.6. The van der Waals surface area contributed by atoms with E-state index < -0.39 is 0 Å². The number of rotatable bonds is 14. The van der Waals surface area contributed by atoms with E-state index >= 15 is 0 Å². The molecule has 0 bridgehead atoms. The Morgan fingerprint density at radius 1 is 0.906 bits per heavy atom. The smallest absolute Gasteiger partial charge is 0.251 e. The monoisotopic (exact) mass is 442 g/mol. The second-order valence-corrected chi connectivity index (χ2v) is 7.17. The lowest BCUT2D eigenvalue weighted by molar-refractivity contribution is 0.0953. The predicted molar refractivity (Wildman–Crippen MR) is 125 cm³/mol. The maximum atomic E-state index is 12.1. The van der Waals surface area contributed by atoms with Crippen LogP contribution >= 0.6 is 0 Å². The number of carbonyl (C=O) groups is 1. The maximum absolute atomic E-state index is 12.1. The first-order valence-corrected chi connectivity index (χ1v) is 11.1. The molecule has 0 aliphatic rings. The molecule has 0 unspecified atom stereocenters. The van der Waals surface area contributed by atoms with Crippen LogP contribution in [-0.2, 0) is 4.74 Å². The molecule has 0 spiro atoms. The van der Waals surface area contributed by atoms with Gasteiger partial charge in [-0.05, 0) is 75.1 Å². The van der Waals surface area contributed by atoms with E-state index in [0.717, 1.165) is 37.0 Å². The molecular formula is C25H34N2O5. The number of methoxy groups -OCH3 is 1. The van der Waals surface area contributed by atoms with Gasteiger partial charge in [-0.3, -0.25) is 10.2 Å². The SMILES string of the molecule is CCCNC(=O)c1ccc(OCCCCCOc2ccc(C(=N)OCC)cc2)c(OC)c1. The Labute approximate surface area is 190 Å². The molecule has 0 radical (unpaired) electrons. The van der Waals surface area contributed by atoms with Gasteiger partial charge in [0.25, 0.3) is 5.91 Å². The molecule has 0 atom stereocenters. The van der Waals surface area contributed by atoms with Gasteiger partial charge in [0.05, 0.1) is 26.9 Å². The first-order chi connectivity index (χ1) is 15.6. The van der Waals surface area contributed by atoms with Crippen LogP contribution < -0.4 is 19.5 Å². The Morgan fingerprint density at radius 3 is 2.25 bits per heavy atom. The lowest BCUT2D eigenvalue weighted by atomic mass is 10.2. The van der Waals surface area contributed by atoms with Crippen molar-refractivity contribution in [1.29, 1.82) is 5.41 Å². The average Bonchev–Trinajstić information content (AvgIpc) is 2.82. The standard InChI is InChI=1S/C25H34N2O5/c1-4-15-27-25(28)20-11-14-22(23(18-20)29-3)32-17-8-6-7-16-31-21-12-9-19(10-13-21)24(26)30-5-2/h9-14,18,26H,4-8,15-17H2,1-3H3,(H,27,28). The van der Waals surface area contributed by atoms with Crippen LogP contribution in [0.1, 0.15) is 55.5 Å². The Kier molecular flexibility index (Phi) is 10.9. The molecule has 0 fully saturated rings. The molecule has 7 nitrogen and oxygen atoms in total. The van der Waals surface area contributed by atoms with Crippen molar-refractivity contribution < 1.29 is 23.7 Å². The summed E-state index contributed by atoms with van der Waals surface area (Å²) in [6.07, 6.45) is 3.65. The minimum absolute atomic E-state index is 0.112. The van der Waals surface area contributed by atoms with Gasteiger partial charge in [-0.15, -0.1) is 0 Å². The highest BCUT2D eigenvalue weighted by Crippen LogP contribution is 2.28. The van der Waals surface area contributed by atoms with Crippen LogP contribution in [0.3, 0.4) is 0 Å². The van der Waals surface area contributed by atoms with Gasteiger partial charge in [0.1, 0.15) is 5.75 Å². The summed E-state index contributed by atoms with van der Waals surface area (Å²) in [6, 6.07) is 12.6. The number of hydrogen-bond donors (Lipinski definition) is 2. The summed E-state index contributed by atoms with van der Waals surface area (Å²) in [4.78, 5) is 12.1. The molecule has 0 saturated carbocycles. The second-order valence-electron chi connectivity index (χ2n) is 7.17. The zero-order chi connectivity index (χ0) is 23.2. The van der Waals surface area contributed by atoms with Crippen molar-refractivity contribution in [2.45, 2.75) is 39.5 Å². The molecule has 0 heterocycles. The summed E-state index contributed by atoms with van der Waals surface area (Å²) in [5.74, 6) is 2.03. The van der Waals surface area contributed by atoms with Crippen molar-refractivity contribution in [1.82, 2.24) is 5.32 Å². The quantitative estimate of drug-likeness (QED) is 0.249. The van der Waals surface area contributed by atoms with Gasteiger partial charge in [0, 0.05) is 17.7 Å². The summed E-state index contributed by atoms with van der Waals surface area (Å²) < 4.78 is 22.2. The molecule has 32 heavy (non-hydrogen) atoms. The number of nitrogens with one attached hydrogen (secondary N) is 2. The van der Waals surface area contributed by atoms with Crippen molar-refractivity contribution in [2.24, 2.45) is 0 Å². The molecule has 7 heteroatoms. The molecule has 0 aliphatic heterocycles. The van der Waals surface area contributed by atoms with Gasteiger partial charge in [-0.25, -0.2) is 0 Å². The van der Waals surface area contributed by atoms with E-state index in [4.69, 9.17) is 24.4 Å². The first-order valence-electron chi connectivity index (χ1n) is 11.1. The number of ether oxygens (including phenoxy) is 4. The minimum atomic E-state index is -0.112. The van der Waals surface area contributed by atoms with E-state index in [0.29, 0.717) is 43.4 Å². The van der Waals surface area contributed by atoms with Gasteiger partial charge >= 0.3 is 0 Å². The molecule has 2 rings (SSSR count). The molecule has 0 aromatic heterocycles. The second kappa shape index (κ2) is 14.0. The summed E-state index contributed by atoms with van der Waals surface area (Å²) in [7, 11) is 1.57. The van der Waals surface area contributed by atoms with Gasteiger partial charge in [0.2, 0.25) is 5.90 Å². The largest absolute Gasteiger partial charge is 0.494 e. The average molecular weight is 443 g/mol. The first kappa shape index (κ1) is 25.0. The van der Waals surface area contributed by atoms with Crippen molar-refractivity contribution in [2.75, 3.05) is 33.5 Å². The topological polar surface area (TPSA) is 89.9 Å². The van der Waals surface area contributed by atoms with Gasteiger partial charge in [-0.2, -0.15) is 0 Å². The molecule has 1 amide bonds. The lowest BCUT2D eigenvalue weighted by Crippen LogP contribution is -2.23. The van der Waals surface area contributed by atoms with Gasteiger partial charge in [0.15, 0.2) is 11.5 Å². The van der Waals surface area contributed by atoms with Crippen LogP contribution in [0.15, 0.2) is 42.5 Å². The normalized spacial score (nSPS) is 10.3. The summed E-state index contributed by atoms with van der Waals surface area (Å²) in [6.45, 7) is 6.18. The molecule has 2 N–H and O–H groups in total. The number of benzene rings is 2. The minimum Gasteiger partial charge on any atom is -0.494 e. The van der Waals surface area contributed by atoms with Crippen LogP contribution in [0, 0.1) is 5.41 Å². The number of unbranched alkanes of at least 4 members (excludes halogenated alkanes) is 2. The van der Waals surface area contributed by atoms with Crippen LogP contribution in [0.5, 0.6) is 17.2 Å². The summed E-state index contributed by atoms with van der Waals surface area (Å²) in [5.41, 5.74) is 1.30. The van der Waals surface area contributed by atoms with E-state index in [1.54, 1.807) is 25.3 Å². The molecule has 2 aromatic rings. The van der Waals surface area contributed by atoms with E-state index in [2.05, 4.69) is 5.32 Å². The highest BCUT2D eigenvalue weighted by atomic mass is 16.5. The third kappa shape index (κ3) is 8.13. The number of amides is 1. The Balaban J connectivity index is 1.67. The van der Waals surface area contributed by atoms with Crippen molar-refractivity contribution in [3.05, 3.63) is 53.6 Å².